The molecule has 22 heavy (non-hydrogen) atoms. The molecule has 1 aliphatic rings. The zero-order valence-electron chi connectivity index (χ0n) is 11.9. The second-order valence-electron chi connectivity index (χ2n) is 5.36. The summed E-state index contributed by atoms with van der Waals surface area (Å²) in [5.41, 5.74) is 6.16. The van der Waals surface area contributed by atoms with E-state index in [4.69, 9.17) is 5.73 Å². The number of rotatable bonds is 5. The number of nitrogens with two attached hydrogens (primary N) is 1. The van der Waals surface area contributed by atoms with Crippen molar-refractivity contribution in [1.29, 1.82) is 0 Å². The third-order valence-electron chi connectivity index (χ3n) is 3.52. The van der Waals surface area contributed by atoms with Crippen LogP contribution in [0.15, 0.2) is 18.3 Å². The average Bonchev–Trinajstić information content (AvgIpc) is 2.89. The van der Waals surface area contributed by atoms with Crippen LogP contribution in [-0.4, -0.2) is 29.7 Å². The van der Waals surface area contributed by atoms with Gasteiger partial charge in [-0.25, -0.2) is 4.98 Å². The Morgan fingerprint density at radius 3 is 2.86 bits per heavy atom. The molecule has 1 amide bonds. The van der Waals surface area contributed by atoms with E-state index in [-0.39, 0.29) is 30.3 Å². The first-order chi connectivity index (χ1) is 10.3. The molecule has 1 saturated carbocycles. The van der Waals surface area contributed by atoms with Gasteiger partial charge in [-0.2, -0.15) is 13.2 Å². The van der Waals surface area contributed by atoms with Gasteiger partial charge in [0.05, 0.1) is 0 Å². The van der Waals surface area contributed by atoms with Crippen molar-refractivity contribution in [3.05, 3.63) is 23.9 Å². The van der Waals surface area contributed by atoms with E-state index < -0.39 is 12.8 Å². The Morgan fingerprint density at radius 1 is 1.45 bits per heavy atom. The van der Waals surface area contributed by atoms with Crippen molar-refractivity contribution in [3.63, 3.8) is 0 Å². The number of carbonyl (C=O) groups is 1. The number of carbonyl (C=O) groups excluding carboxylic acids is 1. The highest BCUT2D eigenvalue weighted by molar-refractivity contribution is 5.79. The number of nitrogens with zero attached hydrogens (tertiary/aromatic N) is 1. The molecule has 0 bridgehead atoms. The summed E-state index contributed by atoms with van der Waals surface area (Å²) < 4.78 is 41.3. The summed E-state index contributed by atoms with van der Waals surface area (Å²) in [4.78, 5) is 15.8. The second kappa shape index (κ2) is 6.95. The largest absolute Gasteiger partial charge is 0.468 e. The van der Waals surface area contributed by atoms with E-state index in [9.17, 15) is 18.0 Å². The Hall–Kier alpha value is -1.83. The molecule has 0 spiro atoms. The molecule has 2 unspecified atom stereocenters. The Bertz CT molecular complexity index is 522. The van der Waals surface area contributed by atoms with Crippen LogP contribution in [0.3, 0.4) is 0 Å². The first kappa shape index (κ1) is 16.5. The predicted molar refractivity (Wildman–Crippen MR) is 73.0 cm³/mol. The monoisotopic (exact) mass is 317 g/mol. The Balaban J connectivity index is 1.91. The van der Waals surface area contributed by atoms with Crippen molar-refractivity contribution in [3.8, 4) is 5.88 Å². The van der Waals surface area contributed by atoms with Crippen molar-refractivity contribution in [2.45, 2.75) is 38.0 Å². The fourth-order valence-corrected chi connectivity index (χ4v) is 2.42. The number of alkyl halides is 3. The number of halogens is 3. The van der Waals surface area contributed by atoms with Crippen LogP contribution in [0.4, 0.5) is 13.2 Å². The van der Waals surface area contributed by atoms with Crippen LogP contribution in [0.1, 0.15) is 24.8 Å². The van der Waals surface area contributed by atoms with Gasteiger partial charge in [-0.05, 0) is 25.3 Å². The summed E-state index contributed by atoms with van der Waals surface area (Å²) in [7, 11) is 0. The van der Waals surface area contributed by atoms with Gasteiger partial charge in [-0.1, -0.05) is 6.07 Å². The number of ether oxygens (including phenoxy) is 1. The molecule has 1 fully saturated rings. The van der Waals surface area contributed by atoms with Crippen LogP contribution >= 0.6 is 0 Å². The summed E-state index contributed by atoms with van der Waals surface area (Å²) in [6, 6.07) is 3.19. The molecule has 2 atom stereocenters. The molecular weight excluding hydrogens is 299 g/mol. The first-order valence-electron chi connectivity index (χ1n) is 7.02. The highest BCUT2D eigenvalue weighted by Crippen LogP contribution is 2.24. The summed E-state index contributed by atoms with van der Waals surface area (Å²) >= 11 is 0. The highest BCUT2D eigenvalue weighted by Gasteiger charge is 2.30. The van der Waals surface area contributed by atoms with E-state index in [0.717, 1.165) is 12.8 Å². The van der Waals surface area contributed by atoms with Gasteiger partial charge in [0.25, 0.3) is 0 Å². The van der Waals surface area contributed by atoms with Crippen molar-refractivity contribution in [1.82, 2.24) is 10.3 Å². The van der Waals surface area contributed by atoms with E-state index in [1.54, 1.807) is 12.1 Å². The van der Waals surface area contributed by atoms with Crippen LogP contribution < -0.4 is 15.8 Å². The number of aromatic nitrogens is 1. The molecule has 3 N–H and O–H groups in total. The minimum absolute atomic E-state index is 0.0415. The molecule has 8 heteroatoms. The number of pyridine rings is 1. The maximum Gasteiger partial charge on any atom is 0.422 e. The summed E-state index contributed by atoms with van der Waals surface area (Å²) in [5, 5.41) is 2.70. The zero-order chi connectivity index (χ0) is 16.2. The average molecular weight is 317 g/mol. The van der Waals surface area contributed by atoms with Crippen LogP contribution in [-0.2, 0) is 11.3 Å². The van der Waals surface area contributed by atoms with Crippen molar-refractivity contribution in [2.75, 3.05) is 6.61 Å². The summed E-state index contributed by atoms with van der Waals surface area (Å²) in [6.07, 6.45) is -0.913. The third kappa shape index (κ3) is 4.87. The van der Waals surface area contributed by atoms with Gasteiger partial charge in [0.15, 0.2) is 6.61 Å². The Kier molecular flexibility index (Phi) is 5.23. The maximum atomic E-state index is 12.2. The maximum absolute atomic E-state index is 12.2. The lowest BCUT2D eigenvalue weighted by Gasteiger charge is -2.14. The number of amides is 1. The lowest BCUT2D eigenvalue weighted by molar-refractivity contribution is -0.154. The highest BCUT2D eigenvalue weighted by atomic mass is 19.4. The minimum atomic E-state index is -4.43. The van der Waals surface area contributed by atoms with Crippen molar-refractivity contribution in [2.24, 2.45) is 11.7 Å². The molecule has 1 aromatic heterocycles. The van der Waals surface area contributed by atoms with Crippen LogP contribution in [0.5, 0.6) is 5.88 Å². The van der Waals surface area contributed by atoms with Crippen molar-refractivity contribution < 1.29 is 22.7 Å². The topological polar surface area (TPSA) is 77.2 Å². The molecule has 1 aliphatic carbocycles. The Labute approximate surface area is 126 Å². The smallest absolute Gasteiger partial charge is 0.422 e. The first-order valence-corrected chi connectivity index (χ1v) is 7.02. The minimum Gasteiger partial charge on any atom is -0.468 e. The lowest BCUT2D eigenvalue weighted by Crippen LogP contribution is -2.30. The lowest BCUT2D eigenvalue weighted by atomic mass is 10.1. The van der Waals surface area contributed by atoms with Crippen LogP contribution in [0.25, 0.3) is 0 Å². The van der Waals surface area contributed by atoms with E-state index in [2.05, 4.69) is 15.0 Å². The molecule has 0 saturated heterocycles. The van der Waals surface area contributed by atoms with Crippen LogP contribution in [0.2, 0.25) is 0 Å². The molecule has 1 aromatic rings. The summed E-state index contributed by atoms with van der Waals surface area (Å²) in [6.45, 7) is -1.34. The number of hydrogen-bond acceptors (Lipinski definition) is 4. The Morgan fingerprint density at radius 2 is 2.23 bits per heavy atom. The van der Waals surface area contributed by atoms with Gasteiger partial charge in [0, 0.05) is 30.3 Å². The molecule has 1 heterocycles. The second-order valence-corrected chi connectivity index (χ2v) is 5.36. The molecular formula is C14H18F3N3O2. The van der Waals surface area contributed by atoms with Crippen molar-refractivity contribution >= 4 is 5.91 Å². The zero-order valence-corrected chi connectivity index (χ0v) is 11.9. The van der Waals surface area contributed by atoms with E-state index >= 15 is 0 Å². The van der Waals surface area contributed by atoms with Crippen LogP contribution in [0, 0.1) is 5.92 Å². The standard InChI is InChI=1S/C14H18F3N3O2/c15-14(16,17)8-22-13-10(2-1-5-19-13)7-20-12(21)9-3-4-11(18)6-9/h1-2,5,9,11H,3-4,6-8,18H2,(H,20,21). The van der Waals surface area contributed by atoms with Gasteiger partial charge in [-0.3, -0.25) is 4.79 Å². The number of nitrogens with one attached hydrogen (secondary N) is 1. The fraction of sp³-hybridized carbons (Fsp3) is 0.571. The van der Waals surface area contributed by atoms with E-state index in [1.807, 2.05) is 0 Å². The quantitative estimate of drug-likeness (QED) is 0.867. The van der Waals surface area contributed by atoms with Gasteiger partial charge >= 0.3 is 6.18 Å². The fourth-order valence-electron chi connectivity index (χ4n) is 2.42. The molecule has 5 nitrogen and oxygen atoms in total. The van der Waals surface area contributed by atoms with E-state index in [0.29, 0.717) is 12.0 Å². The van der Waals surface area contributed by atoms with Gasteiger partial charge in [0.2, 0.25) is 11.8 Å². The van der Waals surface area contributed by atoms with Gasteiger partial charge in [0.1, 0.15) is 0 Å². The normalized spacial score (nSPS) is 21.6. The van der Waals surface area contributed by atoms with Gasteiger partial charge in [-0.15, -0.1) is 0 Å². The molecule has 2 rings (SSSR count). The molecule has 0 aromatic carbocycles. The number of hydrogen-bond donors (Lipinski definition) is 2. The summed E-state index contributed by atoms with van der Waals surface area (Å²) in [5.74, 6) is -0.395. The molecule has 122 valence electrons. The SMILES string of the molecule is NC1CCC(C(=O)NCc2cccnc2OCC(F)(F)F)C1. The molecule has 0 radical (unpaired) electrons. The van der Waals surface area contributed by atoms with E-state index in [1.165, 1.54) is 6.20 Å². The third-order valence-corrected chi connectivity index (χ3v) is 3.52. The predicted octanol–water partition coefficient (Wildman–Crippen LogP) is 1.77. The molecule has 0 aliphatic heterocycles. The van der Waals surface area contributed by atoms with Gasteiger partial charge < -0.3 is 15.8 Å².